The van der Waals surface area contributed by atoms with Gasteiger partial charge in [-0.3, -0.25) is 4.79 Å². The lowest BCUT2D eigenvalue weighted by Crippen LogP contribution is -2.13. The zero-order valence-corrected chi connectivity index (χ0v) is 18.8. The normalized spacial score (nSPS) is 11.2. The highest BCUT2D eigenvalue weighted by molar-refractivity contribution is 14.1. The lowest BCUT2D eigenvalue weighted by atomic mass is 10.2. The summed E-state index contributed by atoms with van der Waals surface area (Å²) in [5.41, 5.74) is 0.452. The van der Waals surface area contributed by atoms with Gasteiger partial charge in [0, 0.05) is 9.26 Å². The van der Waals surface area contributed by atoms with Gasteiger partial charge in [-0.1, -0.05) is 24.3 Å². The van der Waals surface area contributed by atoms with Crippen molar-refractivity contribution in [3.63, 3.8) is 0 Å². The van der Waals surface area contributed by atoms with Crippen LogP contribution in [0.4, 0.5) is 5.69 Å². The van der Waals surface area contributed by atoms with Crippen LogP contribution in [0.1, 0.15) is 10.4 Å². The van der Waals surface area contributed by atoms with E-state index in [9.17, 15) is 18.3 Å². The van der Waals surface area contributed by atoms with E-state index >= 15 is 0 Å². The van der Waals surface area contributed by atoms with Crippen molar-refractivity contribution in [2.75, 3.05) is 5.32 Å². The third kappa shape index (κ3) is 4.43. The van der Waals surface area contributed by atoms with Crippen LogP contribution in [0.3, 0.4) is 0 Å². The number of anilines is 1. The molecule has 0 spiro atoms. The lowest BCUT2D eigenvalue weighted by Gasteiger charge is -2.10. The predicted octanol–water partition coefficient (Wildman–Crippen LogP) is 4.69. The smallest absolute Gasteiger partial charge is 0.259 e. The van der Waals surface area contributed by atoms with E-state index in [0.717, 1.165) is 3.57 Å². The Morgan fingerprint density at radius 1 is 0.889 bits per heavy atom. The fourth-order valence-electron chi connectivity index (χ4n) is 2.41. The van der Waals surface area contributed by atoms with E-state index in [4.69, 9.17) is 0 Å². The molecule has 0 heterocycles. The van der Waals surface area contributed by atoms with Gasteiger partial charge < -0.3 is 10.4 Å². The molecule has 0 aliphatic rings. The topological polar surface area (TPSA) is 83.5 Å². The molecule has 3 aromatic carbocycles. The second-order valence-corrected chi connectivity index (χ2v) is 9.94. The largest absolute Gasteiger partial charge is 0.506 e. The Kier molecular flexibility index (Phi) is 6.06. The Morgan fingerprint density at radius 2 is 1.56 bits per heavy atom. The molecule has 5 nitrogen and oxygen atoms in total. The van der Waals surface area contributed by atoms with Crippen molar-refractivity contribution >= 4 is 66.6 Å². The van der Waals surface area contributed by atoms with Gasteiger partial charge in [0.1, 0.15) is 5.75 Å². The Balaban J connectivity index is 1.92. The van der Waals surface area contributed by atoms with Crippen LogP contribution in [-0.4, -0.2) is 19.4 Å². The summed E-state index contributed by atoms with van der Waals surface area (Å²) in [7, 11) is -3.69. The van der Waals surface area contributed by atoms with Crippen molar-refractivity contribution in [3.8, 4) is 5.75 Å². The van der Waals surface area contributed by atoms with E-state index in [0.29, 0.717) is 9.26 Å². The number of hydrogen-bond donors (Lipinski definition) is 2. The zero-order chi connectivity index (χ0) is 19.6. The molecule has 1 amide bonds. The van der Waals surface area contributed by atoms with Gasteiger partial charge in [-0.25, -0.2) is 8.42 Å². The molecule has 0 aliphatic heterocycles. The third-order valence-electron chi connectivity index (χ3n) is 3.73. The minimum absolute atomic E-state index is 0.0768. The molecular weight excluding hydrogens is 592 g/mol. The third-order valence-corrected chi connectivity index (χ3v) is 6.94. The SMILES string of the molecule is O=C(Nc1cccc(S(=O)(=O)c2ccccc2)c1)c1cc(I)cc(I)c1O. The highest BCUT2D eigenvalue weighted by Gasteiger charge is 2.19. The van der Waals surface area contributed by atoms with Crippen molar-refractivity contribution in [1.29, 1.82) is 0 Å². The van der Waals surface area contributed by atoms with Gasteiger partial charge in [-0.05, 0) is 87.6 Å². The molecule has 0 bridgehead atoms. The molecule has 8 heteroatoms. The molecule has 0 unspecified atom stereocenters. The fraction of sp³-hybridized carbons (Fsp3) is 0. The maximum atomic E-state index is 12.7. The van der Waals surface area contributed by atoms with E-state index < -0.39 is 15.7 Å². The maximum Gasteiger partial charge on any atom is 0.259 e. The minimum atomic E-state index is -3.69. The second kappa shape index (κ2) is 8.15. The Labute approximate surface area is 184 Å². The first kappa shape index (κ1) is 20.1. The van der Waals surface area contributed by atoms with Crippen LogP contribution >= 0.6 is 45.2 Å². The molecule has 0 atom stereocenters. The Bertz CT molecular complexity index is 1120. The number of phenolic OH excluding ortho intramolecular Hbond substituents is 1. The fourth-order valence-corrected chi connectivity index (χ4v) is 5.59. The summed E-state index contributed by atoms with van der Waals surface area (Å²) in [4.78, 5) is 12.8. The van der Waals surface area contributed by atoms with E-state index in [1.807, 2.05) is 22.6 Å². The van der Waals surface area contributed by atoms with Crippen molar-refractivity contribution in [2.45, 2.75) is 9.79 Å². The van der Waals surface area contributed by atoms with Crippen molar-refractivity contribution in [1.82, 2.24) is 0 Å². The number of rotatable bonds is 4. The van der Waals surface area contributed by atoms with E-state index in [-0.39, 0.29) is 21.1 Å². The summed E-state index contributed by atoms with van der Waals surface area (Å²) in [5.74, 6) is -0.625. The molecule has 27 heavy (non-hydrogen) atoms. The average molecular weight is 605 g/mol. The molecule has 0 saturated carbocycles. The van der Waals surface area contributed by atoms with Gasteiger partial charge in [0.05, 0.1) is 18.9 Å². The number of carbonyl (C=O) groups is 1. The number of hydrogen-bond acceptors (Lipinski definition) is 4. The number of benzene rings is 3. The van der Waals surface area contributed by atoms with Gasteiger partial charge in [-0.2, -0.15) is 0 Å². The standard InChI is InChI=1S/C19H13I2NO4S/c20-12-9-16(18(23)17(21)10-12)19(24)22-13-5-4-8-15(11-13)27(25,26)14-6-2-1-3-7-14/h1-11,23H,(H,22,24). The van der Waals surface area contributed by atoms with Crippen LogP contribution in [0.2, 0.25) is 0 Å². The Hall–Kier alpha value is -1.66. The minimum Gasteiger partial charge on any atom is -0.506 e. The molecule has 0 aliphatic carbocycles. The van der Waals surface area contributed by atoms with Gasteiger partial charge in [-0.15, -0.1) is 0 Å². The number of nitrogens with one attached hydrogen (secondary N) is 1. The summed E-state index contributed by atoms with van der Waals surface area (Å²) < 4.78 is 26.8. The number of carbonyl (C=O) groups excluding carboxylic acids is 1. The van der Waals surface area contributed by atoms with Gasteiger partial charge in [0.25, 0.3) is 5.91 Å². The van der Waals surface area contributed by atoms with Gasteiger partial charge >= 0.3 is 0 Å². The first-order valence-electron chi connectivity index (χ1n) is 7.68. The summed E-state index contributed by atoms with van der Waals surface area (Å²) in [6.45, 7) is 0. The average Bonchev–Trinajstić information content (AvgIpc) is 2.65. The van der Waals surface area contributed by atoms with Crippen molar-refractivity contribution in [3.05, 3.63) is 79.4 Å². The molecule has 0 aromatic heterocycles. The van der Waals surface area contributed by atoms with Crippen molar-refractivity contribution < 1.29 is 18.3 Å². The summed E-state index contributed by atoms with van der Waals surface area (Å²) in [5, 5.41) is 12.8. The molecule has 0 fully saturated rings. The van der Waals surface area contributed by atoms with Crippen LogP contribution < -0.4 is 5.32 Å². The van der Waals surface area contributed by atoms with Crippen LogP contribution in [0, 0.1) is 7.14 Å². The van der Waals surface area contributed by atoms with Crippen molar-refractivity contribution in [2.24, 2.45) is 0 Å². The van der Waals surface area contributed by atoms with E-state index in [1.165, 1.54) is 24.3 Å². The maximum absolute atomic E-state index is 12.7. The summed E-state index contributed by atoms with van der Waals surface area (Å²) in [6.07, 6.45) is 0. The van der Waals surface area contributed by atoms with Crippen LogP contribution in [0.15, 0.2) is 76.5 Å². The van der Waals surface area contributed by atoms with Crippen LogP contribution in [-0.2, 0) is 9.84 Å². The first-order valence-corrected chi connectivity index (χ1v) is 11.3. The Morgan fingerprint density at radius 3 is 2.26 bits per heavy atom. The molecule has 3 rings (SSSR count). The first-order chi connectivity index (χ1) is 12.8. The van der Waals surface area contributed by atoms with E-state index in [2.05, 4.69) is 27.9 Å². The number of halogens is 2. The summed E-state index contributed by atoms with van der Waals surface area (Å²) >= 11 is 4.01. The monoisotopic (exact) mass is 605 g/mol. The second-order valence-electron chi connectivity index (χ2n) is 5.58. The molecule has 2 N–H and O–H groups in total. The highest BCUT2D eigenvalue weighted by atomic mass is 127. The molecule has 3 aromatic rings. The number of aromatic hydroxyl groups is 1. The quantitative estimate of drug-likeness (QED) is 0.424. The predicted molar refractivity (Wildman–Crippen MR) is 120 cm³/mol. The number of sulfone groups is 1. The number of amides is 1. The number of phenols is 1. The molecular formula is C19H13I2NO4S. The van der Waals surface area contributed by atoms with Crippen LogP contribution in [0.25, 0.3) is 0 Å². The van der Waals surface area contributed by atoms with Crippen LogP contribution in [0.5, 0.6) is 5.75 Å². The lowest BCUT2D eigenvalue weighted by molar-refractivity contribution is 0.102. The molecule has 0 radical (unpaired) electrons. The molecule has 0 saturated heterocycles. The molecule has 138 valence electrons. The summed E-state index contributed by atoms with van der Waals surface area (Å²) in [6, 6.07) is 17.4. The van der Waals surface area contributed by atoms with Gasteiger partial charge in [0.2, 0.25) is 9.84 Å². The van der Waals surface area contributed by atoms with Gasteiger partial charge in [0.15, 0.2) is 0 Å². The van der Waals surface area contributed by atoms with E-state index in [1.54, 1.807) is 42.5 Å². The highest BCUT2D eigenvalue weighted by Crippen LogP contribution is 2.28. The zero-order valence-electron chi connectivity index (χ0n) is 13.7.